The normalized spacial score (nSPS) is 11.3. The number of hydrogen-bond acceptors (Lipinski definition) is 3. The Morgan fingerprint density at radius 1 is 0.844 bits per heavy atom. The number of sulfonamides is 1. The molecule has 0 bridgehead atoms. The third-order valence-electron chi connectivity index (χ3n) is 5.28. The Kier molecular flexibility index (Phi) is 6.96. The number of nitrogens with zero attached hydrogens (tertiary/aromatic N) is 1. The highest BCUT2D eigenvalue weighted by Gasteiger charge is 2.28. The molecule has 0 heterocycles. The fourth-order valence-electron chi connectivity index (χ4n) is 3.58. The summed E-state index contributed by atoms with van der Waals surface area (Å²) in [6, 6.07) is 15.5. The van der Waals surface area contributed by atoms with Crippen molar-refractivity contribution in [3.05, 3.63) is 87.4 Å². The van der Waals surface area contributed by atoms with E-state index in [0.29, 0.717) is 16.4 Å². The fourth-order valence-corrected chi connectivity index (χ4v) is 5.16. The summed E-state index contributed by atoms with van der Waals surface area (Å²) in [6.45, 7) is 9.14. The van der Waals surface area contributed by atoms with Crippen LogP contribution in [0, 0.1) is 34.6 Å². The highest BCUT2D eigenvalue weighted by atomic mass is 35.5. The van der Waals surface area contributed by atoms with Gasteiger partial charge in [-0.25, -0.2) is 8.42 Å². The first-order chi connectivity index (χ1) is 15.0. The van der Waals surface area contributed by atoms with Crippen LogP contribution in [-0.2, 0) is 14.8 Å². The summed E-state index contributed by atoms with van der Waals surface area (Å²) in [5.74, 6) is -0.438. The van der Waals surface area contributed by atoms with E-state index in [2.05, 4.69) is 5.32 Å². The van der Waals surface area contributed by atoms with Gasteiger partial charge in [0.25, 0.3) is 10.0 Å². The second-order valence-corrected chi connectivity index (χ2v) is 10.3. The van der Waals surface area contributed by atoms with Crippen LogP contribution in [0.5, 0.6) is 0 Å². The number of amides is 1. The molecule has 1 amide bonds. The molecule has 0 unspecified atom stereocenters. The van der Waals surface area contributed by atoms with Gasteiger partial charge in [-0.3, -0.25) is 9.10 Å². The quantitative estimate of drug-likeness (QED) is 0.501. The Labute approximate surface area is 195 Å². The molecule has 0 aliphatic rings. The first-order valence-electron chi connectivity index (χ1n) is 10.2. The van der Waals surface area contributed by atoms with Crippen molar-refractivity contribution in [1.82, 2.24) is 0 Å². The number of benzene rings is 3. The third-order valence-corrected chi connectivity index (χ3v) is 7.48. The smallest absolute Gasteiger partial charge is 0.264 e. The molecule has 0 aliphatic carbocycles. The Hall–Kier alpha value is -2.83. The van der Waals surface area contributed by atoms with E-state index in [1.807, 2.05) is 46.8 Å². The van der Waals surface area contributed by atoms with E-state index in [0.717, 1.165) is 32.1 Å². The van der Waals surface area contributed by atoms with E-state index in [-0.39, 0.29) is 11.4 Å². The molecule has 0 aromatic heterocycles. The lowest BCUT2D eigenvalue weighted by Gasteiger charge is -2.25. The Morgan fingerprint density at radius 3 is 2.00 bits per heavy atom. The number of nitrogens with one attached hydrogen (secondary N) is 1. The molecule has 0 radical (unpaired) electrons. The standard InChI is InChI=1S/C25H27ClN2O3S/c1-16-6-10-22(11-7-16)32(30,31)28(21-9-8-18(3)23(26)14-21)15-24(29)27-25-19(4)12-17(2)13-20(25)5/h6-14H,15H2,1-5H3,(H,27,29). The first-order valence-corrected chi connectivity index (χ1v) is 12.0. The summed E-state index contributed by atoms with van der Waals surface area (Å²) in [5, 5.41) is 3.31. The summed E-state index contributed by atoms with van der Waals surface area (Å²) >= 11 is 6.28. The van der Waals surface area contributed by atoms with Crippen molar-refractivity contribution in [2.24, 2.45) is 0 Å². The summed E-state index contributed by atoms with van der Waals surface area (Å²) in [7, 11) is -4.00. The lowest BCUT2D eigenvalue weighted by Crippen LogP contribution is -2.38. The topological polar surface area (TPSA) is 66.5 Å². The van der Waals surface area contributed by atoms with Crippen molar-refractivity contribution in [2.75, 3.05) is 16.2 Å². The molecule has 0 aliphatic heterocycles. The minimum Gasteiger partial charge on any atom is -0.324 e. The molecule has 0 atom stereocenters. The van der Waals surface area contributed by atoms with Gasteiger partial charge in [-0.15, -0.1) is 0 Å². The molecule has 0 fully saturated rings. The van der Waals surface area contributed by atoms with Crippen LogP contribution >= 0.6 is 11.6 Å². The van der Waals surface area contributed by atoms with Crippen LogP contribution in [0.4, 0.5) is 11.4 Å². The lowest BCUT2D eigenvalue weighted by molar-refractivity contribution is -0.114. The zero-order chi connectivity index (χ0) is 23.6. The first kappa shape index (κ1) is 23.8. The maximum absolute atomic E-state index is 13.5. The van der Waals surface area contributed by atoms with Crippen molar-refractivity contribution in [3.63, 3.8) is 0 Å². The number of anilines is 2. The van der Waals surface area contributed by atoms with Crippen molar-refractivity contribution in [2.45, 2.75) is 39.5 Å². The minimum absolute atomic E-state index is 0.107. The van der Waals surface area contributed by atoms with Crippen LogP contribution in [0.3, 0.4) is 0 Å². The highest BCUT2D eigenvalue weighted by molar-refractivity contribution is 7.92. The van der Waals surface area contributed by atoms with Crippen LogP contribution in [0.1, 0.15) is 27.8 Å². The zero-order valence-electron chi connectivity index (χ0n) is 18.9. The monoisotopic (exact) mass is 470 g/mol. The van der Waals surface area contributed by atoms with Gasteiger partial charge in [0.15, 0.2) is 0 Å². The van der Waals surface area contributed by atoms with Crippen molar-refractivity contribution in [3.8, 4) is 0 Å². The van der Waals surface area contributed by atoms with Crippen molar-refractivity contribution in [1.29, 1.82) is 0 Å². The number of rotatable bonds is 6. The second kappa shape index (κ2) is 9.35. The van der Waals surface area contributed by atoms with E-state index >= 15 is 0 Å². The molecule has 0 saturated heterocycles. The summed E-state index contributed by atoms with van der Waals surface area (Å²) in [6.07, 6.45) is 0. The fraction of sp³-hybridized carbons (Fsp3) is 0.240. The van der Waals surface area contributed by atoms with E-state index in [1.54, 1.807) is 42.5 Å². The van der Waals surface area contributed by atoms with Gasteiger partial charge in [-0.1, -0.05) is 53.1 Å². The number of carbonyl (C=O) groups is 1. The van der Waals surface area contributed by atoms with Crippen molar-refractivity contribution >= 4 is 38.9 Å². The molecule has 7 heteroatoms. The van der Waals surface area contributed by atoms with E-state index < -0.39 is 15.9 Å². The van der Waals surface area contributed by atoms with Crippen LogP contribution in [0.2, 0.25) is 5.02 Å². The summed E-state index contributed by atoms with van der Waals surface area (Å²) < 4.78 is 28.1. The van der Waals surface area contributed by atoms with Crippen LogP contribution < -0.4 is 9.62 Å². The SMILES string of the molecule is Cc1ccc(S(=O)(=O)N(CC(=O)Nc2c(C)cc(C)cc2C)c2ccc(C)c(Cl)c2)cc1. The predicted molar refractivity (Wildman–Crippen MR) is 131 cm³/mol. The summed E-state index contributed by atoms with van der Waals surface area (Å²) in [5.41, 5.74) is 5.71. The van der Waals surface area contributed by atoms with Gasteiger partial charge in [-0.05, 0) is 75.6 Å². The molecule has 3 aromatic rings. The van der Waals surface area contributed by atoms with Crippen LogP contribution in [0.15, 0.2) is 59.5 Å². The van der Waals surface area contributed by atoms with Crippen LogP contribution in [0.25, 0.3) is 0 Å². The molecule has 0 spiro atoms. The number of carbonyl (C=O) groups excluding carboxylic acids is 1. The van der Waals surface area contributed by atoms with E-state index in [1.165, 1.54) is 0 Å². The molecule has 3 rings (SSSR count). The molecule has 3 aromatic carbocycles. The molecule has 168 valence electrons. The average Bonchev–Trinajstić information content (AvgIpc) is 2.71. The maximum Gasteiger partial charge on any atom is 0.264 e. The Balaban J connectivity index is 2.00. The Bertz CT molecular complexity index is 1250. The van der Waals surface area contributed by atoms with Gasteiger partial charge in [0.2, 0.25) is 5.91 Å². The third kappa shape index (κ3) is 5.14. The Morgan fingerprint density at radius 2 is 1.44 bits per heavy atom. The van der Waals surface area contributed by atoms with Gasteiger partial charge < -0.3 is 5.32 Å². The molecular weight excluding hydrogens is 444 g/mol. The van der Waals surface area contributed by atoms with Gasteiger partial charge in [0.1, 0.15) is 6.54 Å². The number of aryl methyl sites for hydroxylation is 5. The average molecular weight is 471 g/mol. The second-order valence-electron chi connectivity index (χ2n) is 8.08. The van der Waals surface area contributed by atoms with Gasteiger partial charge in [0, 0.05) is 10.7 Å². The number of halogens is 1. The molecule has 1 N–H and O–H groups in total. The van der Waals surface area contributed by atoms with Crippen LogP contribution in [-0.4, -0.2) is 20.9 Å². The maximum atomic E-state index is 13.5. The number of hydrogen-bond donors (Lipinski definition) is 1. The van der Waals surface area contributed by atoms with E-state index in [9.17, 15) is 13.2 Å². The molecule has 32 heavy (non-hydrogen) atoms. The van der Waals surface area contributed by atoms with E-state index in [4.69, 9.17) is 11.6 Å². The highest BCUT2D eigenvalue weighted by Crippen LogP contribution is 2.29. The summed E-state index contributed by atoms with van der Waals surface area (Å²) in [4.78, 5) is 13.1. The van der Waals surface area contributed by atoms with Gasteiger partial charge in [0.05, 0.1) is 10.6 Å². The zero-order valence-corrected chi connectivity index (χ0v) is 20.4. The minimum atomic E-state index is -4.00. The van der Waals surface area contributed by atoms with Gasteiger partial charge >= 0.3 is 0 Å². The molecule has 0 saturated carbocycles. The van der Waals surface area contributed by atoms with Gasteiger partial charge in [-0.2, -0.15) is 0 Å². The largest absolute Gasteiger partial charge is 0.324 e. The predicted octanol–water partition coefficient (Wildman–Crippen LogP) is 5.72. The molecule has 5 nitrogen and oxygen atoms in total. The lowest BCUT2D eigenvalue weighted by atomic mass is 10.1. The molecular formula is C25H27ClN2O3S. The van der Waals surface area contributed by atoms with Crippen molar-refractivity contribution < 1.29 is 13.2 Å².